The third-order valence-corrected chi connectivity index (χ3v) is 3.82. The summed E-state index contributed by atoms with van der Waals surface area (Å²) in [5.41, 5.74) is 0.470. The normalized spacial score (nSPS) is 17.6. The number of hydrogen-bond acceptors (Lipinski definition) is 2. The molecule has 1 unspecified atom stereocenters. The van der Waals surface area contributed by atoms with Crippen molar-refractivity contribution < 1.29 is 14.7 Å². The Morgan fingerprint density at radius 3 is 2.30 bits per heavy atom. The van der Waals surface area contributed by atoms with E-state index in [4.69, 9.17) is 0 Å². The van der Waals surface area contributed by atoms with Crippen LogP contribution in [0, 0.1) is 5.92 Å². The van der Waals surface area contributed by atoms with E-state index >= 15 is 0 Å². The Bertz CT molecular complexity index is 492. The van der Waals surface area contributed by atoms with Gasteiger partial charge in [-0.3, -0.25) is 4.79 Å². The largest absolute Gasteiger partial charge is 0.480 e. The number of nitrogens with one attached hydrogen (secondary N) is 1. The highest BCUT2D eigenvalue weighted by molar-refractivity contribution is 5.93. The molecule has 0 heterocycles. The summed E-state index contributed by atoms with van der Waals surface area (Å²) in [6.45, 7) is 3.90. The van der Waals surface area contributed by atoms with Crippen LogP contribution in [-0.4, -0.2) is 23.0 Å². The molecule has 1 amide bonds. The molecular formula is C16H21NO3. The van der Waals surface area contributed by atoms with Crippen molar-refractivity contribution in [3.05, 3.63) is 35.9 Å². The minimum Gasteiger partial charge on any atom is -0.480 e. The summed E-state index contributed by atoms with van der Waals surface area (Å²) in [5.74, 6) is -0.893. The fourth-order valence-electron chi connectivity index (χ4n) is 2.52. The van der Waals surface area contributed by atoms with Gasteiger partial charge in [-0.05, 0) is 30.7 Å². The van der Waals surface area contributed by atoms with E-state index in [1.807, 2.05) is 44.2 Å². The van der Waals surface area contributed by atoms with Gasteiger partial charge in [0.25, 0.3) is 0 Å². The standard InChI is InChI=1S/C16H21NO3/c1-11(2)10-13(14(18)19)17-15(20)16(8-9-16)12-6-4-3-5-7-12/h3-7,11,13H,8-10H2,1-2H3,(H,17,20)(H,18,19). The predicted molar refractivity (Wildman–Crippen MR) is 76.4 cm³/mol. The molecule has 0 saturated heterocycles. The third-order valence-electron chi connectivity index (χ3n) is 3.82. The van der Waals surface area contributed by atoms with Crippen LogP contribution >= 0.6 is 0 Å². The molecular weight excluding hydrogens is 254 g/mol. The van der Waals surface area contributed by atoms with Crippen molar-refractivity contribution in [1.82, 2.24) is 5.32 Å². The van der Waals surface area contributed by atoms with Gasteiger partial charge in [0.05, 0.1) is 5.41 Å². The minimum atomic E-state index is -0.962. The fourth-order valence-corrected chi connectivity index (χ4v) is 2.52. The molecule has 0 spiro atoms. The van der Waals surface area contributed by atoms with E-state index in [1.54, 1.807) is 0 Å². The van der Waals surface area contributed by atoms with Gasteiger partial charge in [0.1, 0.15) is 6.04 Å². The summed E-state index contributed by atoms with van der Waals surface area (Å²) in [6.07, 6.45) is 2.03. The SMILES string of the molecule is CC(C)CC(NC(=O)C1(c2ccccc2)CC1)C(=O)O. The van der Waals surface area contributed by atoms with Crippen molar-refractivity contribution >= 4 is 11.9 Å². The summed E-state index contributed by atoms with van der Waals surface area (Å²) in [6, 6.07) is 8.80. The molecule has 4 heteroatoms. The Kier molecular flexibility index (Phi) is 4.12. The molecule has 1 aliphatic rings. The lowest BCUT2D eigenvalue weighted by molar-refractivity contribution is -0.142. The van der Waals surface area contributed by atoms with Crippen LogP contribution in [0.5, 0.6) is 0 Å². The minimum absolute atomic E-state index is 0.156. The third kappa shape index (κ3) is 3.00. The van der Waals surface area contributed by atoms with Gasteiger partial charge in [0, 0.05) is 0 Å². The van der Waals surface area contributed by atoms with Gasteiger partial charge in [-0.25, -0.2) is 4.79 Å². The topological polar surface area (TPSA) is 66.4 Å². The van der Waals surface area contributed by atoms with Crippen LogP contribution in [0.3, 0.4) is 0 Å². The van der Waals surface area contributed by atoms with E-state index in [0.29, 0.717) is 6.42 Å². The van der Waals surface area contributed by atoms with Crippen LogP contribution in [0.2, 0.25) is 0 Å². The first-order valence-corrected chi connectivity index (χ1v) is 7.05. The zero-order valence-corrected chi connectivity index (χ0v) is 11.9. The maximum atomic E-state index is 12.4. The van der Waals surface area contributed by atoms with Crippen molar-refractivity contribution in [2.75, 3.05) is 0 Å². The second kappa shape index (κ2) is 5.65. The number of aliphatic carboxylic acids is 1. The van der Waals surface area contributed by atoms with Crippen LogP contribution in [-0.2, 0) is 15.0 Å². The number of rotatable bonds is 6. The Morgan fingerprint density at radius 1 is 1.25 bits per heavy atom. The van der Waals surface area contributed by atoms with E-state index in [1.165, 1.54) is 0 Å². The molecule has 0 aromatic heterocycles. The first-order chi connectivity index (χ1) is 9.45. The number of carboxylic acid groups (broad SMARTS) is 1. The lowest BCUT2D eigenvalue weighted by Crippen LogP contribution is -2.46. The Hall–Kier alpha value is -1.84. The molecule has 20 heavy (non-hydrogen) atoms. The zero-order valence-electron chi connectivity index (χ0n) is 11.9. The van der Waals surface area contributed by atoms with Crippen LogP contribution in [0.1, 0.15) is 38.7 Å². The number of hydrogen-bond donors (Lipinski definition) is 2. The number of carbonyl (C=O) groups excluding carboxylic acids is 1. The number of carboxylic acids is 1. The Labute approximate surface area is 119 Å². The maximum Gasteiger partial charge on any atom is 0.326 e. The zero-order chi connectivity index (χ0) is 14.8. The highest BCUT2D eigenvalue weighted by Gasteiger charge is 2.51. The van der Waals surface area contributed by atoms with Crippen LogP contribution in [0.4, 0.5) is 0 Å². The van der Waals surface area contributed by atoms with Crippen LogP contribution in [0.15, 0.2) is 30.3 Å². The lowest BCUT2D eigenvalue weighted by atomic mass is 9.94. The summed E-state index contributed by atoms with van der Waals surface area (Å²) >= 11 is 0. The molecule has 1 aromatic rings. The second-order valence-electron chi connectivity index (χ2n) is 5.94. The first-order valence-electron chi connectivity index (χ1n) is 7.05. The Balaban J connectivity index is 2.09. The quantitative estimate of drug-likeness (QED) is 0.837. The fraction of sp³-hybridized carbons (Fsp3) is 0.500. The molecule has 4 nitrogen and oxygen atoms in total. The van der Waals surface area contributed by atoms with Crippen molar-refractivity contribution in [1.29, 1.82) is 0 Å². The van der Waals surface area contributed by atoms with Crippen molar-refractivity contribution in [3.8, 4) is 0 Å². The maximum absolute atomic E-state index is 12.4. The number of carbonyl (C=O) groups is 2. The van der Waals surface area contributed by atoms with Gasteiger partial charge in [-0.1, -0.05) is 44.2 Å². The highest BCUT2D eigenvalue weighted by Crippen LogP contribution is 2.48. The van der Waals surface area contributed by atoms with Gasteiger partial charge in [0.2, 0.25) is 5.91 Å². The van der Waals surface area contributed by atoms with Gasteiger partial charge in [-0.15, -0.1) is 0 Å². The van der Waals surface area contributed by atoms with Gasteiger partial charge >= 0.3 is 5.97 Å². The summed E-state index contributed by atoms with van der Waals surface area (Å²) < 4.78 is 0. The molecule has 0 aliphatic heterocycles. The second-order valence-corrected chi connectivity index (χ2v) is 5.94. The van der Waals surface area contributed by atoms with Crippen molar-refractivity contribution in [2.24, 2.45) is 5.92 Å². The molecule has 1 atom stereocenters. The van der Waals surface area contributed by atoms with E-state index in [0.717, 1.165) is 18.4 Å². The molecule has 1 fully saturated rings. The van der Waals surface area contributed by atoms with Crippen molar-refractivity contribution in [3.63, 3.8) is 0 Å². The summed E-state index contributed by atoms with van der Waals surface area (Å²) in [7, 11) is 0. The first kappa shape index (κ1) is 14.6. The number of benzene rings is 1. The van der Waals surface area contributed by atoms with Gasteiger partial charge in [-0.2, -0.15) is 0 Å². The average molecular weight is 275 g/mol. The molecule has 2 rings (SSSR count). The van der Waals surface area contributed by atoms with Crippen LogP contribution in [0.25, 0.3) is 0 Å². The van der Waals surface area contributed by atoms with E-state index in [2.05, 4.69) is 5.32 Å². The summed E-state index contributed by atoms with van der Waals surface area (Å²) in [4.78, 5) is 23.7. The number of amides is 1. The van der Waals surface area contributed by atoms with E-state index in [9.17, 15) is 14.7 Å². The summed E-state index contributed by atoms with van der Waals surface area (Å²) in [5, 5.41) is 11.9. The molecule has 1 saturated carbocycles. The monoisotopic (exact) mass is 275 g/mol. The molecule has 2 N–H and O–H groups in total. The lowest BCUT2D eigenvalue weighted by Gasteiger charge is -2.21. The molecule has 1 aromatic carbocycles. The van der Waals surface area contributed by atoms with E-state index in [-0.39, 0.29) is 11.8 Å². The molecule has 0 bridgehead atoms. The average Bonchev–Trinajstić information content (AvgIpc) is 3.19. The molecule has 108 valence electrons. The van der Waals surface area contributed by atoms with Gasteiger partial charge in [0.15, 0.2) is 0 Å². The van der Waals surface area contributed by atoms with Crippen molar-refractivity contribution in [2.45, 2.75) is 44.6 Å². The predicted octanol–water partition coefficient (Wildman–Crippen LogP) is 2.33. The smallest absolute Gasteiger partial charge is 0.326 e. The molecule has 0 radical (unpaired) electrons. The van der Waals surface area contributed by atoms with Crippen LogP contribution < -0.4 is 5.32 Å². The van der Waals surface area contributed by atoms with Gasteiger partial charge < -0.3 is 10.4 Å². The molecule has 1 aliphatic carbocycles. The highest BCUT2D eigenvalue weighted by atomic mass is 16.4. The van der Waals surface area contributed by atoms with E-state index < -0.39 is 17.4 Å². The Morgan fingerprint density at radius 2 is 1.85 bits per heavy atom.